The molecule has 0 aliphatic rings. The smallest absolute Gasteiger partial charge is 0.306 e. The molecule has 0 heterocycles. The summed E-state index contributed by atoms with van der Waals surface area (Å²) in [7, 11) is 0. The van der Waals surface area contributed by atoms with Crippen LogP contribution in [0.15, 0.2) is 60.8 Å². The Kier molecular flexibility index (Phi) is 64.2. The minimum atomic E-state index is -0.777. The van der Waals surface area contributed by atoms with Gasteiger partial charge in [0.2, 0.25) is 0 Å². The minimum absolute atomic E-state index is 0.0737. The molecule has 1 unspecified atom stereocenters. The highest BCUT2D eigenvalue weighted by molar-refractivity contribution is 5.71. The first-order valence-corrected chi connectivity index (χ1v) is 34.3. The molecule has 0 radical (unpaired) electrons. The van der Waals surface area contributed by atoms with Crippen molar-refractivity contribution in [2.45, 2.75) is 367 Å². The average molecular weight is 1090 g/mol. The maximum Gasteiger partial charge on any atom is 0.306 e. The van der Waals surface area contributed by atoms with Crippen LogP contribution in [0, 0.1) is 0 Å². The molecule has 0 aromatic rings. The van der Waals surface area contributed by atoms with Crippen LogP contribution in [-0.4, -0.2) is 37.2 Å². The molecule has 0 aromatic heterocycles. The van der Waals surface area contributed by atoms with E-state index in [0.29, 0.717) is 19.3 Å². The molecule has 0 N–H and O–H groups in total. The zero-order chi connectivity index (χ0) is 56.4. The average Bonchev–Trinajstić information content (AvgIpc) is 3.44. The summed E-state index contributed by atoms with van der Waals surface area (Å²) in [4.78, 5) is 38.4. The lowest BCUT2D eigenvalue weighted by atomic mass is 10.0. The number of rotatable bonds is 63. The molecule has 0 aliphatic heterocycles. The molecule has 454 valence electrons. The number of carbonyl (C=O) groups is 3. The van der Waals surface area contributed by atoms with Crippen LogP contribution in [0.25, 0.3) is 0 Å². The third-order valence-electron chi connectivity index (χ3n) is 15.3. The lowest BCUT2D eigenvalue weighted by Gasteiger charge is -2.18. The van der Waals surface area contributed by atoms with Crippen molar-refractivity contribution in [2.75, 3.05) is 13.2 Å². The summed E-state index contributed by atoms with van der Waals surface area (Å²) >= 11 is 0. The number of hydrogen-bond donors (Lipinski definition) is 0. The van der Waals surface area contributed by atoms with Crippen molar-refractivity contribution in [3.05, 3.63) is 60.8 Å². The Bertz CT molecular complexity index is 1390. The molecule has 0 amide bonds. The first-order chi connectivity index (χ1) is 38.5. The lowest BCUT2D eigenvalue weighted by Crippen LogP contribution is -2.30. The van der Waals surface area contributed by atoms with Gasteiger partial charge in [-0.2, -0.15) is 0 Å². The molecule has 1 atom stereocenters. The monoisotopic (exact) mass is 1090 g/mol. The second-order valence-corrected chi connectivity index (χ2v) is 23.1. The van der Waals surface area contributed by atoms with E-state index in [1.54, 1.807) is 0 Å². The molecule has 0 aromatic carbocycles. The van der Waals surface area contributed by atoms with E-state index in [0.717, 1.165) is 89.9 Å². The van der Waals surface area contributed by atoms with E-state index in [1.165, 1.54) is 231 Å². The van der Waals surface area contributed by atoms with E-state index in [-0.39, 0.29) is 31.1 Å². The van der Waals surface area contributed by atoms with Crippen LogP contribution in [0.3, 0.4) is 0 Å². The zero-order valence-corrected chi connectivity index (χ0v) is 52.2. The summed E-state index contributed by atoms with van der Waals surface area (Å²) in [6, 6.07) is 0. The topological polar surface area (TPSA) is 78.9 Å². The molecule has 78 heavy (non-hydrogen) atoms. The summed E-state index contributed by atoms with van der Waals surface area (Å²) in [5.41, 5.74) is 0. The number of hydrogen-bond acceptors (Lipinski definition) is 6. The summed E-state index contributed by atoms with van der Waals surface area (Å²) in [5, 5.41) is 0. The minimum Gasteiger partial charge on any atom is -0.462 e. The lowest BCUT2D eigenvalue weighted by molar-refractivity contribution is -0.167. The molecule has 6 nitrogen and oxygen atoms in total. The fourth-order valence-corrected chi connectivity index (χ4v) is 10.1. The number of ether oxygens (including phenoxy) is 3. The highest BCUT2D eigenvalue weighted by Gasteiger charge is 2.19. The number of allylic oxidation sites excluding steroid dienone is 10. The van der Waals surface area contributed by atoms with Crippen molar-refractivity contribution in [2.24, 2.45) is 0 Å². The Hall–Kier alpha value is -2.89. The number of carbonyl (C=O) groups excluding carboxylic acids is 3. The fourth-order valence-electron chi connectivity index (χ4n) is 10.1. The van der Waals surface area contributed by atoms with Crippen LogP contribution in [0.1, 0.15) is 361 Å². The van der Waals surface area contributed by atoms with Crippen LogP contribution < -0.4 is 0 Å². The summed E-state index contributed by atoms with van der Waals surface area (Å²) < 4.78 is 17.0. The maximum atomic E-state index is 12.9. The third-order valence-corrected chi connectivity index (χ3v) is 15.3. The quantitative estimate of drug-likeness (QED) is 0.0261. The van der Waals surface area contributed by atoms with Gasteiger partial charge in [-0.25, -0.2) is 0 Å². The van der Waals surface area contributed by atoms with E-state index in [4.69, 9.17) is 14.2 Å². The molecule has 0 spiro atoms. The number of unbranched alkanes of at least 4 members (excludes halogenated alkanes) is 42. The van der Waals surface area contributed by atoms with Crippen molar-refractivity contribution in [3.8, 4) is 0 Å². The summed E-state index contributed by atoms with van der Waals surface area (Å²) in [5.74, 6) is -0.860. The van der Waals surface area contributed by atoms with Crippen LogP contribution in [0.2, 0.25) is 0 Å². The predicted octanol–water partition coefficient (Wildman–Crippen LogP) is 23.5. The molecular formula is C72H130O6. The first-order valence-electron chi connectivity index (χ1n) is 34.3. The van der Waals surface area contributed by atoms with E-state index < -0.39 is 6.10 Å². The van der Waals surface area contributed by atoms with E-state index in [2.05, 4.69) is 81.5 Å². The van der Waals surface area contributed by atoms with Crippen molar-refractivity contribution in [1.82, 2.24) is 0 Å². The van der Waals surface area contributed by atoms with Crippen LogP contribution in [0.4, 0.5) is 0 Å². The standard InChI is InChI=1S/C72H130O6/c1-4-7-10-13-16-19-22-25-28-30-32-34-35-36-37-39-40-42-44-47-50-53-56-59-62-65-71(74)77-68-69(67-76-70(73)64-61-58-55-52-49-46-27-24-21-18-15-12-9-6-3)78-72(75)66-63-60-57-54-51-48-45-43-41-38-33-31-29-26-23-20-17-14-11-8-5-2/h7,10,16,19,24-25,27-28,32,34,69H,4-6,8-9,11-15,17-18,20-23,26,29-31,33,35-68H2,1-3H3/b10-7-,19-16-,27-24-,28-25-,34-32-. The Morgan fingerprint density at radius 2 is 0.500 bits per heavy atom. The Morgan fingerprint density at radius 1 is 0.269 bits per heavy atom. The summed E-state index contributed by atoms with van der Waals surface area (Å²) in [6.45, 7) is 6.57. The van der Waals surface area contributed by atoms with E-state index in [1.807, 2.05) is 0 Å². The Balaban J connectivity index is 4.28. The third kappa shape index (κ3) is 63.9. The van der Waals surface area contributed by atoms with Gasteiger partial charge in [0.15, 0.2) is 6.10 Å². The van der Waals surface area contributed by atoms with Gasteiger partial charge in [-0.3, -0.25) is 14.4 Å². The zero-order valence-electron chi connectivity index (χ0n) is 52.2. The first kappa shape index (κ1) is 75.1. The van der Waals surface area contributed by atoms with E-state index >= 15 is 0 Å². The summed E-state index contributed by atoms with van der Waals surface area (Å²) in [6.07, 6.45) is 85.2. The highest BCUT2D eigenvalue weighted by Crippen LogP contribution is 2.18. The Morgan fingerprint density at radius 3 is 0.795 bits per heavy atom. The second-order valence-electron chi connectivity index (χ2n) is 23.1. The van der Waals surface area contributed by atoms with Crippen molar-refractivity contribution in [1.29, 1.82) is 0 Å². The van der Waals surface area contributed by atoms with Crippen LogP contribution in [-0.2, 0) is 28.6 Å². The maximum absolute atomic E-state index is 12.9. The molecule has 0 aliphatic carbocycles. The largest absolute Gasteiger partial charge is 0.462 e. The Labute approximate surface area is 485 Å². The van der Waals surface area contributed by atoms with E-state index in [9.17, 15) is 14.4 Å². The van der Waals surface area contributed by atoms with Gasteiger partial charge < -0.3 is 14.2 Å². The van der Waals surface area contributed by atoms with Gasteiger partial charge in [0, 0.05) is 19.3 Å². The molecule has 0 bridgehead atoms. The van der Waals surface area contributed by atoms with Gasteiger partial charge in [-0.05, 0) is 83.5 Å². The molecule has 6 heteroatoms. The highest BCUT2D eigenvalue weighted by atomic mass is 16.6. The molecule has 0 saturated heterocycles. The molecule has 0 saturated carbocycles. The van der Waals surface area contributed by atoms with Crippen molar-refractivity contribution in [3.63, 3.8) is 0 Å². The van der Waals surface area contributed by atoms with Gasteiger partial charge >= 0.3 is 17.9 Å². The van der Waals surface area contributed by atoms with Crippen molar-refractivity contribution < 1.29 is 28.6 Å². The number of esters is 3. The van der Waals surface area contributed by atoms with Gasteiger partial charge in [0.05, 0.1) is 0 Å². The van der Waals surface area contributed by atoms with Crippen LogP contribution in [0.5, 0.6) is 0 Å². The normalized spacial score (nSPS) is 12.4. The van der Waals surface area contributed by atoms with Gasteiger partial charge in [-0.15, -0.1) is 0 Å². The van der Waals surface area contributed by atoms with Crippen LogP contribution >= 0.6 is 0 Å². The van der Waals surface area contributed by atoms with Gasteiger partial charge in [0.25, 0.3) is 0 Å². The fraction of sp³-hybridized carbons (Fsp3) is 0.819. The second kappa shape index (κ2) is 66.6. The van der Waals surface area contributed by atoms with Gasteiger partial charge in [0.1, 0.15) is 13.2 Å². The van der Waals surface area contributed by atoms with Gasteiger partial charge in [-0.1, -0.05) is 319 Å². The molecule has 0 rings (SSSR count). The van der Waals surface area contributed by atoms with Crippen molar-refractivity contribution >= 4 is 17.9 Å². The molecule has 0 fully saturated rings. The predicted molar refractivity (Wildman–Crippen MR) is 339 cm³/mol. The molecular weight excluding hydrogens is 961 g/mol. The SMILES string of the molecule is CC/C=C\C/C=C\C/C=C\C/C=C\CCCCCCCCCCCCCCC(=O)OCC(COC(=O)CCCCCCC/C=C\CCCCCCC)OC(=O)CCCCCCCCCCCCCCCCCCCCCCC.